The first-order chi connectivity index (χ1) is 9.52. The van der Waals surface area contributed by atoms with Crippen LogP contribution in [0.5, 0.6) is 0 Å². The molecule has 0 bridgehead atoms. The lowest BCUT2D eigenvalue weighted by Gasteiger charge is -2.33. The maximum atomic E-state index is 12.8. The van der Waals surface area contributed by atoms with E-state index in [0.29, 0.717) is 30.2 Å². The second-order valence-electron chi connectivity index (χ2n) is 6.30. The second kappa shape index (κ2) is 6.83. The van der Waals surface area contributed by atoms with E-state index in [4.69, 9.17) is 0 Å². The standard InChI is InChI=1S/C15H26N2O2S/c1-10(2)9-11-15(19)17(8-7-14(18)16-11)12-5-4-6-13(12)20-3/h10-13H,4-9H2,1-3H3,(H,16,18). The third-order valence-electron chi connectivity index (χ3n) is 4.32. The molecule has 2 rings (SSSR count). The molecule has 1 saturated heterocycles. The van der Waals surface area contributed by atoms with Gasteiger partial charge in [0.15, 0.2) is 0 Å². The van der Waals surface area contributed by atoms with Crippen LogP contribution >= 0.6 is 11.8 Å². The lowest BCUT2D eigenvalue weighted by Crippen LogP contribution is -2.50. The molecule has 0 aromatic carbocycles. The van der Waals surface area contributed by atoms with Crippen LogP contribution in [-0.2, 0) is 9.59 Å². The molecule has 3 atom stereocenters. The Morgan fingerprint density at radius 3 is 2.75 bits per heavy atom. The number of hydrogen-bond donors (Lipinski definition) is 1. The maximum absolute atomic E-state index is 12.8. The molecule has 1 N–H and O–H groups in total. The van der Waals surface area contributed by atoms with E-state index in [2.05, 4.69) is 25.4 Å². The normalized spacial score (nSPS) is 31.6. The van der Waals surface area contributed by atoms with Gasteiger partial charge >= 0.3 is 0 Å². The summed E-state index contributed by atoms with van der Waals surface area (Å²) in [5.41, 5.74) is 0. The number of nitrogens with zero attached hydrogens (tertiary/aromatic N) is 1. The number of carbonyl (C=O) groups is 2. The Morgan fingerprint density at radius 1 is 1.35 bits per heavy atom. The zero-order chi connectivity index (χ0) is 14.7. The topological polar surface area (TPSA) is 49.4 Å². The smallest absolute Gasteiger partial charge is 0.245 e. The molecule has 2 aliphatic rings. The van der Waals surface area contributed by atoms with Gasteiger partial charge in [-0.2, -0.15) is 11.8 Å². The minimum absolute atomic E-state index is 0.0187. The molecule has 20 heavy (non-hydrogen) atoms. The zero-order valence-electron chi connectivity index (χ0n) is 12.7. The Labute approximate surface area is 126 Å². The van der Waals surface area contributed by atoms with Crippen LogP contribution in [0.4, 0.5) is 0 Å². The Bertz CT molecular complexity index is 373. The maximum Gasteiger partial charge on any atom is 0.245 e. The fraction of sp³-hybridized carbons (Fsp3) is 0.867. The fourth-order valence-corrected chi connectivity index (χ4v) is 4.36. The van der Waals surface area contributed by atoms with E-state index in [-0.39, 0.29) is 17.9 Å². The van der Waals surface area contributed by atoms with Gasteiger partial charge in [-0.1, -0.05) is 20.3 Å². The SMILES string of the molecule is CSC1CCCC1N1CCC(=O)NC(CC(C)C)C1=O. The molecule has 2 amide bonds. The van der Waals surface area contributed by atoms with Gasteiger partial charge in [-0.05, 0) is 31.4 Å². The van der Waals surface area contributed by atoms with Crippen LogP contribution in [0.2, 0.25) is 0 Å². The molecule has 114 valence electrons. The Balaban J connectivity index is 2.14. The van der Waals surface area contributed by atoms with Crippen LogP contribution in [0, 0.1) is 5.92 Å². The van der Waals surface area contributed by atoms with E-state index < -0.39 is 0 Å². The van der Waals surface area contributed by atoms with Gasteiger partial charge in [0.25, 0.3) is 0 Å². The highest BCUT2D eigenvalue weighted by atomic mass is 32.2. The van der Waals surface area contributed by atoms with Crippen molar-refractivity contribution >= 4 is 23.6 Å². The van der Waals surface area contributed by atoms with Gasteiger partial charge in [-0.15, -0.1) is 0 Å². The lowest BCUT2D eigenvalue weighted by atomic mass is 10.0. The summed E-state index contributed by atoms with van der Waals surface area (Å²) in [5, 5.41) is 3.44. The summed E-state index contributed by atoms with van der Waals surface area (Å²) in [7, 11) is 0. The summed E-state index contributed by atoms with van der Waals surface area (Å²) < 4.78 is 0. The van der Waals surface area contributed by atoms with Crippen LogP contribution in [0.25, 0.3) is 0 Å². The minimum atomic E-state index is -0.326. The monoisotopic (exact) mass is 298 g/mol. The molecule has 1 saturated carbocycles. The summed E-state index contributed by atoms with van der Waals surface area (Å²) in [6.45, 7) is 4.77. The molecule has 0 aromatic rings. The molecular formula is C15H26N2O2S. The van der Waals surface area contributed by atoms with Crippen molar-refractivity contribution in [3.63, 3.8) is 0 Å². The molecular weight excluding hydrogens is 272 g/mol. The average Bonchev–Trinajstić information content (AvgIpc) is 2.80. The van der Waals surface area contributed by atoms with Crippen molar-refractivity contribution in [2.45, 2.75) is 63.3 Å². The van der Waals surface area contributed by atoms with Crippen molar-refractivity contribution in [1.82, 2.24) is 10.2 Å². The molecule has 3 unspecified atom stereocenters. The summed E-state index contributed by atoms with van der Waals surface area (Å²) >= 11 is 1.86. The first kappa shape index (κ1) is 15.7. The number of thioether (sulfide) groups is 1. The third-order valence-corrected chi connectivity index (χ3v) is 5.48. The van der Waals surface area contributed by atoms with E-state index in [1.54, 1.807) is 0 Å². The van der Waals surface area contributed by atoms with Crippen molar-refractivity contribution in [3.05, 3.63) is 0 Å². The summed E-state index contributed by atoms with van der Waals surface area (Å²) in [6.07, 6.45) is 6.76. The predicted molar refractivity (Wildman–Crippen MR) is 82.7 cm³/mol. The molecule has 1 aliphatic heterocycles. The van der Waals surface area contributed by atoms with Gasteiger partial charge in [0.2, 0.25) is 11.8 Å². The molecule has 1 aliphatic carbocycles. The highest BCUT2D eigenvalue weighted by molar-refractivity contribution is 7.99. The lowest BCUT2D eigenvalue weighted by molar-refractivity contribution is -0.135. The molecule has 0 spiro atoms. The van der Waals surface area contributed by atoms with Gasteiger partial charge in [-0.3, -0.25) is 9.59 Å². The van der Waals surface area contributed by atoms with E-state index >= 15 is 0 Å². The molecule has 5 heteroatoms. The van der Waals surface area contributed by atoms with Crippen molar-refractivity contribution < 1.29 is 9.59 Å². The predicted octanol–water partition coefficient (Wildman–Crippen LogP) is 2.03. The van der Waals surface area contributed by atoms with Crippen LogP contribution < -0.4 is 5.32 Å². The molecule has 4 nitrogen and oxygen atoms in total. The van der Waals surface area contributed by atoms with Gasteiger partial charge in [0.1, 0.15) is 6.04 Å². The number of nitrogens with one attached hydrogen (secondary N) is 1. The number of carbonyl (C=O) groups excluding carboxylic acids is 2. The van der Waals surface area contributed by atoms with Gasteiger partial charge < -0.3 is 10.2 Å². The molecule has 0 radical (unpaired) electrons. The number of amides is 2. The molecule has 2 fully saturated rings. The van der Waals surface area contributed by atoms with E-state index in [1.807, 2.05) is 16.7 Å². The largest absolute Gasteiger partial charge is 0.344 e. The molecule has 0 aromatic heterocycles. The zero-order valence-corrected chi connectivity index (χ0v) is 13.5. The minimum Gasteiger partial charge on any atom is -0.344 e. The summed E-state index contributed by atoms with van der Waals surface area (Å²) in [6, 6.07) is -0.00651. The highest BCUT2D eigenvalue weighted by Gasteiger charge is 2.39. The van der Waals surface area contributed by atoms with Crippen LogP contribution in [0.1, 0.15) is 46.0 Å². The van der Waals surface area contributed by atoms with Gasteiger partial charge in [0.05, 0.1) is 0 Å². The summed E-state index contributed by atoms with van der Waals surface area (Å²) in [5.74, 6) is 0.560. The number of rotatable bonds is 4. The average molecular weight is 298 g/mol. The second-order valence-corrected chi connectivity index (χ2v) is 7.38. The van der Waals surface area contributed by atoms with Crippen molar-refractivity contribution in [3.8, 4) is 0 Å². The highest BCUT2D eigenvalue weighted by Crippen LogP contribution is 2.33. The van der Waals surface area contributed by atoms with E-state index in [1.165, 1.54) is 12.8 Å². The Hall–Kier alpha value is -0.710. The van der Waals surface area contributed by atoms with Crippen LogP contribution in [0.3, 0.4) is 0 Å². The quantitative estimate of drug-likeness (QED) is 0.864. The number of hydrogen-bond acceptors (Lipinski definition) is 3. The Morgan fingerprint density at radius 2 is 2.10 bits per heavy atom. The third kappa shape index (κ3) is 3.48. The van der Waals surface area contributed by atoms with E-state index in [9.17, 15) is 9.59 Å². The van der Waals surface area contributed by atoms with Gasteiger partial charge in [0, 0.05) is 24.3 Å². The van der Waals surface area contributed by atoms with Crippen molar-refractivity contribution in [2.24, 2.45) is 5.92 Å². The first-order valence-corrected chi connectivity index (χ1v) is 8.94. The summed E-state index contributed by atoms with van der Waals surface area (Å²) in [4.78, 5) is 26.6. The molecule has 1 heterocycles. The Kier molecular flexibility index (Phi) is 5.35. The fourth-order valence-electron chi connectivity index (χ4n) is 3.36. The van der Waals surface area contributed by atoms with Crippen LogP contribution in [-0.4, -0.2) is 46.8 Å². The van der Waals surface area contributed by atoms with Crippen LogP contribution in [0.15, 0.2) is 0 Å². The van der Waals surface area contributed by atoms with Crippen molar-refractivity contribution in [1.29, 1.82) is 0 Å². The van der Waals surface area contributed by atoms with Crippen molar-refractivity contribution in [2.75, 3.05) is 12.8 Å². The van der Waals surface area contributed by atoms with E-state index in [0.717, 1.165) is 12.8 Å². The van der Waals surface area contributed by atoms with Gasteiger partial charge in [-0.25, -0.2) is 0 Å². The first-order valence-electron chi connectivity index (χ1n) is 7.65.